The molecule has 1 heteroatoms. The number of ether oxygens (including phenoxy) is 1. The van der Waals surface area contributed by atoms with Gasteiger partial charge < -0.3 is 4.74 Å². The Morgan fingerprint density at radius 1 is 1.08 bits per heavy atom. The van der Waals surface area contributed by atoms with Crippen LogP contribution in [0, 0.1) is 17.8 Å². The first-order valence-corrected chi connectivity index (χ1v) is 5.67. The van der Waals surface area contributed by atoms with Gasteiger partial charge in [-0.3, -0.25) is 0 Å². The van der Waals surface area contributed by atoms with Crippen molar-refractivity contribution in [2.24, 2.45) is 17.8 Å². The second-order valence-corrected chi connectivity index (χ2v) is 4.51. The summed E-state index contributed by atoms with van der Waals surface area (Å²) in [5.41, 5.74) is 0. The highest BCUT2D eigenvalue weighted by Gasteiger charge is 2.15. The molecule has 2 unspecified atom stereocenters. The van der Waals surface area contributed by atoms with Crippen LogP contribution in [0.25, 0.3) is 0 Å². The third-order valence-electron chi connectivity index (χ3n) is 2.97. The molecule has 80 valence electrons. The summed E-state index contributed by atoms with van der Waals surface area (Å²) < 4.78 is 5.61. The smallest absolute Gasteiger partial charge is 0.0494 e. The molecule has 1 nitrogen and oxygen atoms in total. The Hall–Kier alpha value is -0.0400. The Morgan fingerprint density at radius 2 is 1.69 bits per heavy atom. The summed E-state index contributed by atoms with van der Waals surface area (Å²) in [7, 11) is 0. The zero-order valence-corrected chi connectivity index (χ0v) is 9.97. The Bertz CT molecular complexity index is 110. The molecule has 0 aromatic rings. The minimum absolute atomic E-state index is 0.692. The van der Waals surface area contributed by atoms with E-state index < -0.39 is 0 Å². The summed E-state index contributed by atoms with van der Waals surface area (Å²) in [4.78, 5) is 0. The zero-order chi connectivity index (χ0) is 10.3. The minimum Gasteiger partial charge on any atom is -0.381 e. The molecule has 0 rings (SSSR count). The van der Waals surface area contributed by atoms with Gasteiger partial charge in [0, 0.05) is 13.2 Å². The maximum atomic E-state index is 5.61. The molecule has 0 aliphatic rings. The van der Waals surface area contributed by atoms with Crippen molar-refractivity contribution in [3.05, 3.63) is 0 Å². The lowest BCUT2D eigenvalue weighted by molar-refractivity contribution is 0.0756. The molecular weight excluding hydrogens is 160 g/mol. The topological polar surface area (TPSA) is 9.23 Å². The van der Waals surface area contributed by atoms with E-state index in [9.17, 15) is 0 Å². The summed E-state index contributed by atoms with van der Waals surface area (Å²) in [5.74, 6) is 2.23. The minimum atomic E-state index is 0.692. The Kier molecular flexibility index (Phi) is 7.35. The highest BCUT2D eigenvalue weighted by Crippen LogP contribution is 2.20. The van der Waals surface area contributed by atoms with E-state index in [4.69, 9.17) is 4.74 Å². The molecule has 0 saturated carbocycles. The van der Waals surface area contributed by atoms with E-state index in [-0.39, 0.29) is 0 Å². The normalized spacial score (nSPS) is 16.2. The van der Waals surface area contributed by atoms with Crippen molar-refractivity contribution >= 4 is 0 Å². The van der Waals surface area contributed by atoms with Crippen molar-refractivity contribution in [1.29, 1.82) is 0 Å². The Balaban J connectivity index is 3.44. The molecule has 0 fully saturated rings. The van der Waals surface area contributed by atoms with Crippen LogP contribution in [-0.2, 0) is 4.74 Å². The molecule has 0 aliphatic carbocycles. The average Bonchev–Trinajstić information content (AvgIpc) is 2.10. The van der Waals surface area contributed by atoms with Gasteiger partial charge in [0.05, 0.1) is 0 Å². The highest BCUT2D eigenvalue weighted by molar-refractivity contribution is 4.64. The Labute approximate surface area is 83.9 Å². The molecule has 0 aromatic carbocycles. The lowest BCUT2D eigenvalue weighted by Crippen LogP contribution is -2.19. The molecule has 0 heterocycles. The maximum absolute atomic E-state index is 5.61. The van der Waals surface area contributed by atoms with Gasteiger partial charge in [0.1, 0.15) is 0 Å². The molecule has 0 N–H and O–H groups in total. The van der Waals surface area contributed by atoms with Crippen LogP contribution in [0.4, 0.5) is 0 Å². The van der Waals surface area contributed by atoms with E-state index in [1.54, 1.807) is 0 Å². The zero-order valence-electron chi connectivity index (χ0n) is 9.97. The van der Waals surface area contributed by atoms with Gasteiger partial charge in [0.15, 0.2) is 0 Å². The quantitative estimate of drug-likeness (QED) is 0.550. The van der Waals surface area contributed by atoms with E-state index in [1.807, 2.05) is 0 Å². The molecule has 0 amide bonds. The van der Waals surface area contributed by atoms with Crippen LogP contribution in [0.2, 0.25) is 0 Å². The van der Waals surface area contributed by atoms with Crippen molar-refractivity contribution in [3.8, 4) is 0 Å². The first-order chi connectivity index (χ1) is 6.09. The molecule has 0 aliphatic heterocycles. The predicted octanol–water partition coefficient (Wildman–Crippen LogP) is 3.73. The van der Waals surface area contributed by atoms with Crippen molar-refractivity contribution < 1.29 is 4.74 Å². The van der Waals surface area contributed by atoms with Gasteiger partial charge in [-0.2, -0.15) is 0 Å². The van der Waals surface area contributed by atoms with Crippen LogP contribution >= 0.6 is 0 Å². The second kappa shape index (κ2) is 7.37. The van der Waals surface area contributed by atoms with Gasteiger partial charge in [0.25, 0.3) is 0 Å². The van der Waals surface area contributed by atoms with E-state index in [0.29, 0.717) is 5.92 Å². The third kappa shape index (κ3) is 6.09. The van der Waals surface area contributed by atoms with Crippen LogP contribution in [0.3, 0.4) is 0 Å². The molecular formula is C12H26O. The standard InChI is InChI=1S/C12H26O/c1-6-7-8-13-9-11(4)12(5)10(2)3/h10-12H,6-9H2,1-5H3. The van der Waals surface area contributed by atoms with Crippen molar-refractivity contribution in [3.63, 3.8) is 0 Å². The molecule has 0 aromatic heterocycles. The van der Waals surface area contributed by atoms with Gasteiger partial charge in [-0.25, -0.2) is 0 Å². The second-order valence-electron chi connectivity index (χ2n) is 4.51. The van der Waals surface area contributed by atoms with E-state index >= 15 is 0 Å². The number of unbranched alkanes of at least 4 members (excludes halogenated alkanes) is 1. The molecule has 2 atom stereocenters. The Morgan fingerprint density at radius 3 is 2.15 bits per heavy atom. The first kappa shape index (κ1) is 13.0. The van der Waals surface area contributed by atoms with E-state index in [2.05, 4.69) is 34.6 Å². The van der Waals surface area contributed by atoms with Gasteiger partial charge in [-0.1, -0.05) is 41.0 Å². The van der Waals surface area contributed by atoms with Gasteiger partial charge in [-0.15, -0.1) is 0 Å². The third-order valence-corrected chi connectivity index (χ3v) is 2.97. The fraction of sp³-hybridized carbons (Fsp3) is 1.00. The van der Waals surface area contributed by atoms with Gasteiger partial charge >= 0.3 is 0 Å². The van der Waals surface area contributed by atoms with E-state index in [0.717, 1.165) is 25.0 Å². The fourth-order valence-electron chi connectivity index (χ4n) is 1.32. The summed E-state index contributed by atoms with van der Waals surface area (Å²) in [6, 6.07) is 0. The van der Waals surface area contributed by atoms with Crippen LogP contribution < -0.4 is 0 Å². The lowest BCUT2D eigenvalue weighted by Gasteiger charge is -2.23. The molecule has 0 spiro atoms. The molecule has 0 saturated heterocycles. The number of rotatable bonds is 7. The van der Waals surface area contributed by atoms with Gasteiger partial charge in [0.2, 0.25) is 0 Å². The van der Waals surface area contributed by atoms with Crippen molar-refractivity contribution in [2.75, 3.05) is 13.2 Å². The first-order valence-electron chi connectivity index (χ1n) is 5.67. The van der Waals surface area contributed by atoms with Crippen molar-refractivity contribution in [2.45, 2.75) is 47.5 Å². The summed E-state index contributed by atoms with van der Waals surface area (Å²) in [6.45, 7) is 13.2. The number of hydrogen-bond acceptors (Lipinski definition) is 1. The predicted molar refractivity (Wildman–Crippen MR) is 58.9 cm³/mol. The summed E-state index contributed by atoms with van der Waals surface area (Å²) in [6.07, 6.45) is 2.43. The van der Waals surface area contributed by atoms with Crippen molar-refractivity contribution in [1.82, 2.24) is 0 Å². The van der Waals surface area contributed by atoms with Crippen LogP contribution in [0.1, 0.15) is 47.5 Å². The monoisotopic (exact) mass is 186 g/mol. The lowest BCUT2D eigenvalue weighted by atomic mass is 9.87. The summed E-state index contributed by atoms with van der Waals surface area (Å²) in [5, 5.41) is 0. The molecule has 0 radical (unpaired) electrons. The number of hydrogen-bond donors (Lipinski definition) is 0. The molecule has 0 bridgehead atoms. The maximum Gasteiger partial charge on any atom is 0.0494 e. The van der Waals surface area contributed by atoms with Crippen LogP contribution in [0.15, 0.2) is 0 Å². The molecule has 13 heavy (non-hydrogen) atoms. The largest absolute Gasteiger partial charge is 0.381 e. The van der Waals surface area contributed by atoms with E-state index in [1.165, 1.54) is 12.8 Å². The average molecular weight is 186 g/mol. The van der Waals surface area contributed by atoms with Crippen LogP contribution in [-0.4, -0.2) is 13.2 Å². The summed E-state index contributed by atoms with van der Waals surface area (Å²) >= 11 is 0. The van der Waals surface area contributed by atoms with Crippen LogP contribution in [0.5, 0.6) is 0 Å². The van der Waals surface area contributed by atoms with Gasteiger partial charge in [-0.05, 0) is 24.2 Å². The fourth-order valence-corrected chi connectivity index (χ4v) is 1.32. The SMILES string of the molecule is CCCCOCC(C)C(C)C(C)C. The highest BCUT2D eigenvalue weighted by atomic mass is 16.5.